The minimum absolute atomic E-state index is 0.204. The van der Waals surface area contributed by atoms with Crippen LogP contribution in [0.1, 0.15) is 24.2 Å². The smallest absolute Gasteiger partial charge is 0.255 e. The normalized spacial score (nSPS) is 11.7. The van der Waals surface area contributed by atoms with E-state index in [0.717, 1.165) is 5.52 Å². The Kier molecular flexibility index (Phi) is 2.85. The van der Waals surface area contributed by atoms with Gasteiger partial charge in [-0.3, -0.25) is 4.79 Å². The van der Waals surface area contributed by atoms with E-state index in [1.807, 2.05) is 18.2 Å². The van der Waals surface area contributed by atoms with Gasteiger partial charge in [0.05, 0.1) is 22.9 Å². The van der Waals surface area contributed by atoms with Gasteiger partial charge in [0.2, 0.25) is 0 Å². The largest absolute Gasteiger partial charge is 0.389 e. The predicted molar refractivity (Wildman–Crippen MR) is 63.8 cm³/mol. The van der Waals surface area contributed by atoms with Gasteiger partial charge >= 0.3 is 0 Å². The molecule has 0 bridgehead atoms. The summed E-state index contributed by atoms with van der Waals surface area (Å²) in [5.41, 5.74) is 0.342. The summed E-state index contributed by atoms with van der Waals surface area (Å²) in [5, 5.41) is 16.3. The number of aromatic nitrogens is 2. The van der Waals surface area contributed by atoms with Crippen molar-refractivity contribution in [3.8, 4) is 0 Å². The van der Waals surface area contributed by atoms with Crippen molar-refractivity contribution in [2.75, 3.05) is 6.54 Å². The second kappa shape index (κ2) is 4.18. The number of carbonyl (C=O) groups is 1. The molecule has 0 fully saturated rings. The van der Waals surface area contributed by atoms with Crippen molar-refractivity contribution in [1.29, 1.82) is 0 Å². The van der Waals surface area contributed by atoms with Crippen LogP contribution in [0.2, 0.25) is 0 Å². The first-order chi connectivity index (χ1) is 7.97. The third-order valence-corrected chi connectivity index (χ3v) is 2.35. The van der Waals surface area contributed by atoms with Crippen LogP contribution in [-0.4, -0.2) is 32.8 Å². The van der Waals surface area contributed by atoms with Crippen LogP contribution in [-0.2, 0) is 0 Å². The quantitative estimate of drug-likeness (QED) is 0.825. The maximum Gasteiger partial charge on any atom is 0.255 e. The molecule has 5 nitrogen and oxygen atoms in total. The SMILES string of the molecule is CC(C)(O)CNC(=O)c1cnn2ccccc12. The van der Waals surface area contributed by atoms with Crippen LogP contribution in [0.4, 0.5) is 0 Å². The van der Waals surface area contributed by atoms with Crippen molar-refractivity contribution in [3.05, 3.63) is 36.2 Å². The molecule has 0 aromatic carbocycles. The molecule has 1 amide bonds. The second-order valence-corrected chi connectivity index (χ2v) is 4.58. The van der Waals surface area contributed by atoms with Gasteiger partial charge in [0.25, 0.3) is 5.91 Å². The van der Waals surface area contributed by atoms with E-state index in [1.54, 1.807) is 24.6 Å². The highest BCUT2D eigenvalue weighted by molar-refractivity contribution is 6.00. The Morgan fingerprint density at radius 2 is 2.29 bits per heavy atom. The molecule has 2 N–H and O–H groups in total. The molecule has 2 aromatic rings. The van der Waals surface area contributed by atoms with E-state index in [-0.39, 0.29) is 12.5 Å². The molecule has 2 rings (SSSR count). The van der Waals surface area contributed by atoms with E-state index < -0.39 is 5.60 Å². The fourth-order valence-corrected chi connectivity index (χ4v) is 1.50. The van der Waals surface area contributed by atoms with Gasteiger partial charge in [-0.25, -0.2) is 4.52 Å². The maximum atomic E-state index is 11.9. The van der Waals surface area contributed by atoms with Gasteiger partial charge in [0.1, 0.15) is 0 Å². The molecule has 0 aliphatic heterocycles. The molecule has 90 valence electrons. The number of hydrogen-bond acceptors (Lipinski definition) is 3. The van der Waals surface area contributed by atoms with E-state index in [9.17, 15) is 9.90 Å². The minimum Gasteiger partial charge on any atom is -0.389 e. The molecule has 0 radical (unpaired) electrons. The maximum absolute atomic E-state index is 11.9. The highest BCUT2D eigenvalue weighted by Gasteiger charge is 2.17. The van der Waals surface area contributed by atoms with E-state index in [2.05, 4.69) is 10.4 Å². The summed E-state index contributed by atoms with van der Waals surface area (Å²) in [7, 11) is 0. The predicted octanol–water partition coefficient (Wildman–Crippen LogP) is 0.835. The van der Waals surface area contributed by atoms with Crippen molar-refractivity contribution in [2.45, 2.75) is 19.4 Å². The first kappa shape index (κ1) is 11.6. The highest BCUT2D eigenvalue weighted by atomic mass is 16.3. The van der Waals surface area contributed by atoms with Crippen LogP contribution in [0.3, 0.4) is 0 Å². The number of carbonyl (C=O) groups excluding carboxylic acids is 1. The number of fused-ring (bicyclic) bond motifs is 1. The standard InChI is InChI=1S/C12H15N3O2/c1-12(2,17)8-13-11(16)9-7-14-15-6-4-3-5-10(9)15/h3-7,17H,8H2,1-2H3,(H,13,16). The lowest BCUT2D eigenvalue weighted by molar-refractivity contribution is 0.0695. The molecule has 2 aromatic heterocycles. The third-order valence-electron chi connectivity index (χ3n) is 2.35. The van der Waals surface area contributed by atoms with Gasteiger partial charge < -0.3 is 10.4 Å². The van der Waals surface area contributed by atoms with Gasteiger partial charge in [-0.2, -0.15) is 5.10 Å². The molecule has 0 saturated heterocycles. The van der Waals surface area contributed by atoms with E-state index >= 15 is 0 Å². The number of rotatable bonds is 3. The number of hydrogen-bond donors (Lipinski definition) is 2. The summed E-state index contributed by atoms with van der Waals surface area (Å²) in [6.07, 6.45) is 3.30. The van der Waals surface area contributed by atoms with Crippen LogP contribution in [0, 0.1) is 0 Å². The molecule has 17 heavy (non-hydrogen) atoms. The van der Waals surface area contributed by atoms with E-state index in [4.69, 9.17) is 0 Å². The molecule has 0 atom stereocenters. The van der Waals surface area contributed by atoms with Gasteiger partial charge in [0.15, 0.2) is 0 Å². The zero-order valence-electron chi connectivity index (χ0n) is 9.84. The summed E-state index contributed by atoms with van der Waals surface area (Å²) >= 11 is 0. The molecule has 5 heteroatoms. The van der Waals surface area contributed by atoms with Gasteiger partial charge in [-0.1, -0.05) is 6.07 Å². The Morgan fingerprint density at radius 3 is 3.00 bits per heavy atom. The van der Waals surface area contributed by atoms with Crippen molar-refractivity contribution in [3.63, 3.8) is 0 Å². The van der Waals surface area contributed by atoms with Crippen LogP contribution in [0.5, 0.6) is 0 Å². The average molecular weight is 233 g/mol. The highest BCUT2D eigenvalue weighted by Crippen LogP contribution is 2.10. The van der Waals surface area contributed by atoms with Crippen molar-refractivity contribution < 1.29 is 9.90 Å². The minimum atomic E-state index is -0.918. The van der Waals surface area contributed by atoms with E-state index in [1.165, 1.54) is 6.20 Å². The number of amides is 1. The topological polar surface area (TPSA) is 66.6 Å². The Balaban J connectivity index is 2.20. The third kappa shape index (κ3) is 2.62. The molecule has 0 aliphatic carbocycles. The Labute approximate surface area is 99.1 Å². The number of pyridine rings is 1. The lowest BCUT2D eigenvalue weighted by Crippen LogP contribution is -2.38. The summed E-state index contributed by atoms with van der Waals surface area (Å²) in [6, 6.07) is 5.52. The lowest BCUT2D eigenvalue weighted by atomic mass is 10.1. The summed E-state index contributed by atoms with van der Waals surface area (Å²) in [6.45, 7) is 3.49. The van der Waals surface area contributed by atoms with Gasteiger partial charge in [-0.15, -0.1) is 0 Å². The number of nitrogens with one attached hydrogen (secondary N) is 1. The number of nitrogens with zero attached hydrogens (tertiary/aromatic N) is 2. The molecular formula is C12H15N3O2. The van der Waals surface area contributed by atoms with Crippen molar-refractivity contribution >= 4 is 11.4 Å². The monoisotopic (exact) mass is 233 g/mol. The molecule has 0 spiro atoms. The van der Waals surface area contributed by atoms with Crippen LogP contribution in [0.15, 0.2) is 30.6 Å². The van der Waals surface area contributed by atoms with E-state index in [0.29, 0.717) is 5.56 Å². The molecule has 2 heterocycles. The lowest BCUT2D eigenvalue weighted by Gasteiger charge is -2.17. The average Bonchev–Trinajstić information content (AvgIpc) is 2.68. The van der Waals surface area contributed by atoms with Gasteiger partial charge in [-0.05, 0) is 26.0 Å². The molecule has 0 unspecified atom stereocenters. The zero-order valence-corrected chi connectivity index (χ0v) is 9.84. The Hall–Kier alpha value is -1.88. The first-order valence-electron chi connectivity index (χ1n) is 5.40. The van der Waals surface area contributed by atoms with Crippen LogP contribution in [0.25, 0.3) is 5.52 Å². The summed E-state index contributed by atoms with van der Waals surface area (Å²) in [5.74, 6) is -0.228. The second-order valence-electron chi connectivity index (χ2n) is 4.58. The first-order valence-corrected chi connectivity index (χ1v) is 5.40. The fourth-order valence-electron chi connectivity index (χ4n) is 1.50. The van der Waals surface area contributed by atoms with Crippen molar-refractivity contribution in [1.82, 2.24) is 14.9 Å². The Bertz CT molecular complexity index is 540. The fraction of sp³-hybridized carbons (Fsp3) is 0.333. The van der Waals surface area contributed by atoms with Gasteiger partial charge in [0, 0.05) is 12.7 Å². The molecular weight excluding hydrogens is 218 g/mol. The van der Waals surface area contributed by atoms with Crippen LogP contribution < -0.4 is 5.32 Å². The number of aliphatic hydroxyl groups is 1. The molecule has 0 saturated carbocycles. The summed E-state index contributed by atoms with van der Waals surface area (Å²) in [4.78, 5) is 11.9. The zero-order chi connectivity index (χ0) is 12.5. The molecule has 0 aliphatic rings. The van der Waals surface area contributed by atoms with Crippen molar-refractivity contribution in [2.24, 2.45) is 0 Å². The van der Waals surface area contributed by atoms with Crippen LogP contribution >= 0.6 is 0 Å². The Morgan fingerprint density at radius 1 is 1.53 bits per heavy atom. The summed E-state index contributed by atoms with van der Waals surface area (Å²) < 4.78 is 1.64.